The lowest BCUT2D eigenvalue weighted by atomic mass is 10.1. The lowest BCUT2D eigenvalue weighted by Crippen LogP contribution is -2.25. The second-order valence-corrected chi connectivity index (χ2v) is 3.10. The van der Waals surface area contributed by atoms with E-state index in [1.165, 1.54) is 6.92 Å². The predicted molar refractivity (Wildman–Crippen MR) is 52.4 cm³/mol. The van der Waals surface area contributed by atoms with Crippen LogP contribution in [0.2, 0.25) is 0 Å². The van der Waals surface area contributed by atoms with Crippen LogP contribution in [-0.4, -0.2) is 26.2 Å². The SMILES string of the molecule is COC1=CC(OC)CC(NC(C)=O)=C1. The molecule has 0 radical (unpaired) electrons. The van der Waals surface area contributed by atoms with Crippen molar-refractivity contribution in [2.75, 3.05) is 14.2 Å². The Morgan fingerprint density at radius 2 is 2.29 bits per heavy atom. The van der Waals surface area contributed by atoms with Crippen molar-refractivity contribution >= 4 is 5.91 Å². The third kappa shape index (κ3) is 2.88. The van der Waals surface area contributed by atoms with Crippen molar-refractivity contribution in [2.24, 2.45) is 0 Å². The molecule has 0 bridgehead atoms. The van der Waals surface area contributed by atoms with Gasteiger partial charge in [-0.2, -0.15) is 0 Å². The van der Waals surface area contributed by atoms with Gasteiger partial charge in [-0.15, -0.1) is 0 Å². The highest BCUT2D eigenvalue weighted by Crippen LogP contribution is 2.18. The fourth-order valence-corrected chi connectivity index (χ4v) is 1.33. The average Bonchev–Trinajstić information content (AvgIpc) is 2.16. The van der Waals surface area contributed by atoms with E-state index in [1.54, 1.807) is 20.3 Å². The van der Waals surface area contributed by atoms with Crippen molar-refractivity contribution < 1.29 is 14.3 Å². The van der Waals surface area contributed by atoms with Crippen molar-refractivity contribution in [3.05, 3.63) is 23.6 Å². The fraction of sp³-hybridized carbons (Fsp3) is 0.500. The van der Waals surface area contributed by atoms with Crippen molar-refractivity contribution in [2.45, 2.75) is 19.4 Å². The van der Waals surface area contributed by atoms with Crippen LogP contribution in [0.5, 0.6) is 0 Å². The van der Waals surface area contributed by atoms with Crippen LogP contribution < -0.4 is 5.32 Å². The summed E-state index contributed by atoms with van der Waals surface area (Å²) in [4.78, 5) is 10.8. The summed E-state index contributed by atoms with van der Waals surface area (Å²) in [6, 6.07) is 0. The minimum atomic E-state index is -0.0801. The van der Waals surface area contributed by atoms with Gasteiger partial charge in [0.1, 0.15) is 5.76 Å². The molecule has 0 spiro atoms. The van der Waals surface area contributed by atoms with Gasteiger partial charge in [-0.3, -0.25) is 4.79 Å². The van der Waals surface area contributed by atoms with Crippen LogP contribution in [0.4, 0.5) is 0 Å². The number of hydrogen-bond acceptors (Lipinski definition) is 3. The van der Waals surface area contributed by atoms with E-state index in [1.807, 2.05) is 6.08 Å². The van der Waals surface area contributed by atoms with Crippen LogP contribution in [0.15, 0.2) is 23.6 Å². The molecule has 0 aliphatic heterocycles. The number of hydrogen-bond donors (Lipinski definition) is 1. The molecule has 0 aromatic rings. The number of methoxy groups -OCH3 is 2. The first-order valence-corrected chi connectivity index (χ1v) is 4.42. The minimum Gasteiger partial charge on any atom is -0.497 e. The van der Waals surface area contributed by atoms with E-state index in [9.17, 15) is 4.79 Å². The van der Waals surface area contributed by atoms with Gasteiger partial charge in [0.15, 0.2) is 0 Å². The Kier molecular flexibility index (Phi) is 3.71. The molecule has 1 rings (SSSR count). The summed E-state index contributed by atoms with van der Waals surface area (Å²) in [7, 11) is 3.22. The molecular weight excluding hydrogens is 182 g/mol. The predicted octanol–water partition coefficient (Wildman–Crippen LogP) is 0.955. The molecule has 1 N–H and O–H groups in total. The molecule has 0 aromatic heterocycles. The van der Waals surface area contributed by atoms with Gasteiger partial charge in [0.2, 0.25) is 5.91 Å². The Hall–Kier alpha value is -1.29. The normalized spacial score (nSPS) is 20.9. The molecule has 1 unspecified atom stereocenters. The zero-order valence-electron chi connectivity index (χ0n) is 8.66. The zero-order valence-corrected chi connectivity index (χ0v) is 8.66. The molecule has 0 saturated carbocycles. The number of ether oxygens (including phenoxy) is 2. The Morgan fingerprint density at radius 1 is 1.57 bits per heavy atom. The third-order valence-electron chi connectivity index (χ3n) is 1.96. The number of carbonyl (C=O) groups is 1. The number of amides is 1. The quantitative estimate of drug-likeness (QED) is 0.733. The first-order chi connectivity index (χ1) is 6.65. The highest BCUT2D eigenvalue weighted by atomic mass is 16.5. The molecule has 1 amide bonds. The van der Waals surface area contributed by atoms with Crippen LogP contribution in [0.3, 0.4) is 0 Å². The third-order valence-corrected chi connectivity index (χ3v) is 1.96. The molecule has 78 valence electrons. The van der Waals surface area contributed by atoms with Crippen molar-refractivity contribution in [1.82, 2.24) is 5.32 Å². The standard InChI is InChI=1S/C10H15NO3/c1-7(12)11-8-4-9(13-2)6-10(5-8)14-3/h4,6,10H,5H2,1-3H3,(H,11,12). The maximum Gasteiger partial charge on any atom is 0.221 e. The Bertz CT molecular complexity index is 281. The molecular formula is C10H15NO3. The van der Waals surface area contributed by atoms with E-state index in [0.717, 1.165) is 5.70 Å². The summed E-state index contributed by atoms with van der Waals surface area (Å²) in [6.07, 6.45) is 4.32. The Morgan fingerprint density at radius 3 is 2.79 bits per heavy atom. The largest absolute Gasteiger partial charge is 0.497 e. The second kappa shape index (κ2) is 4.81. The molecule has 1 aliphatic carbocycles. The first-order valence-electron chi connectivity index (χ1n) is 4.42. The molecule has 1 atom stereocenters. The number of carbonyl (C=O) groups excluding carboxylic acids is 1. The van der Waals surface area contributed by atoms with E-state index < -0.39 is 0 Å². The fourth-order valence-electron chi connectivity index (χ4n) is 1.33. The summed E-state index contributed by atoms with van der Waals surface area (Å²) in [5, 5.41) is 2.73. The van der Waals surface area contributed by atoms with Crippen molar-refractivity contribution in [3.63, 3.8) is 0 Å². The topological polar surface area (TPSA) is 47.6 Å². The van der Waals surface area contributed by atoms with Crippen LogP contribution in [0.25, 0.3) is 0 Å². The van der Waals surface area contributed by atoms with Gasteiger partial charge in [-0.25, -0.2) is 0 Å². The van der Waals surface area contributed by atoms with E-state index in [4.69, 9.17) is 9.47 Å². The van der Waals surface area contributed by atoms with Gasteiger partial charge >= 0.3 is 0 Å². The Balaban J connectivity index is 2.72. The second-order valence-electron chi connectivity index (χ2n) is 3.10. The minimum absolute atomic E-state index is 0.0307. The van der Waals surface area contributed by atoms with Gasteiger partial charge in [-0.1, -0.05) is 0 Å². The van der Waals surface area contributed by atoms with Crippen LogP contribution in [0.1, 0.15) is 13.3 Å². The molecule has 0 aromatic carbocycles. The summed E-state index contributed by atoms with van der Waals surface area (Å²) < 4.78 is 10.3. The summed E-state index contributed by atoms with van der Waals surface area (Å²) >= 11 is 0. The molecule has 14 heavy (non-hydrogen) atoms. The van der Waals surface area contributed by atoms with Gasteiger partial charge < -0.3 is 14.8 Å². The maximum atomic E-state index is 10.8. The highest BCUT2D eigenvalue weighted by molar-refractivity contribution is 5.75. The van der Waals surface area contributed by atoms with Crippen molar-refractivity contribution in [3.8, 4) is 0 Å². The monoisotopic (exact) mass is 197 g/mol. The molecule has 0 fully saturated rings. The Labute approximate surface area is 83.6 Å². The van der Waals surface area contributed by atoms with Crippen LogP contribution in [0, 0.1) is 0 Å². The molecule has 4 nitrogen and oxygen atoms in total. The zero-order chi connectivity index (χ0) is 10.6. The molecule has 1 aliphatic rings. The smallest absolute Gasteiger partial charge is 0.221 e. The van der Waals surface area contributed by atoms with Gasteiger partial charge in [0.05, 0.1) is 13.2 Å². The van der Waals surface area contributed by atoms with E-state index >= 15 is 0 Å². The molecule has 0 saturated heterocycles. The highest BCUT2D eigenvalue weighted by Gasteiger charge is 2.15. The van der Waals surface area contributed by atoms with Gasteiger partial charge in [-0.05, 0) is 12.2 Å². The summed E-state index contributed by atoms with van der Waals surface area (Å²) in [6.45, 7) is 1.48. The van der Waals surface area contributed by atoms with Gasteiger partial charge in [0, 0.05) is 26.2 Å². The summed E-state index contributed by atoms with van der Waals surface area (Å²) in [5.41, 5.74) is 0.823. The molecule has 4 heteroatoms. The van der Waals surface area contributed by atoms with Crippen molar-refractivity contribution in [1.29, 1.82) is 0 Å². The van der Waals surface area contributed by atoms with E-state index in [2.05, 4.69) is 5.32 Å². The van der Waals surface area contributed by atoms with Crippen LogP contribution >= 0.6 is 0 Å². The maximum absolute atomic E-state index is 10.8. The van der Waals surface area contributed by atoms with E-state index in [-0.39, 0.29) is 12.0 Å². The summed E-state index contributed by atoms with van der Waals surface area (Å²) in [5.74, 6) is 0.635. The first kappa shape index (κ1) is 10.8. The number of nitrogens with one attached hydrogen (secondary N) is 1. The lowest BCUT2D eigenvalue weighted by molar-refractivity contribution is -0.118. The molecule has 0 heterocycles. The number of allylic oxidation sites excluding steroid dienone is 1. The number of rotatable bonds is 3. The van der Waals surface area contributed by atoms with E-state index in [0.29, 0.717) is 12.2 Å². The average molecular weight is 197 g/mol. The van der Waals surface area contributed by atoms with Crippen LogP contribution in [-0.2, 0) is 14.3 Å². The lowest BCUT2D eigenvalue weighted by Gasteiger charge is -2.20. The van der Waals surface area contributed by atoms with Gasteiger partial charge in [0.25, 0.3) is 0 Å².